The fraction of sp³-hybridized carbons (Fsp3) is 0.409. The Morgan fingerprint density at radius 2 is 1.81 bits per heavy atom. The third-order valence-corrected chi connectivity index (χ3v) is 7.04. The number of sulfonamides is 1. The third kappa shape index (κ3) is 5.89. The summed E-state index contributed by atoms with van der Waals surface area (Å²) in [4.78, 5) is 30.0. The molecule has 1 aliphatic rings. The highest BCUT2D eigenvalue weighted by Crippen LogP contribution is 2.22. The van der Waals surface area contributed by atoms with Gasteiger partial charge in [-0.3, -0.25) is 14.6 Å². The van der Waals surface area contributed by atoms with E-state index in [1.807, 2.05) is 0 Å². The third-order valence-electron chi connectivity index (χ3n) is 5.46. The van der Waals surface area contributed by atoms with Gasteiger partial charge in [-0.15, -0.1) is 0 Å². The molecule has 1 fully saturated rings. The van der Waals surface area contributed by atoms with Crippen LogP contribution in [-0.4, -0.2) is 49.8 Å². The lowest BCUT2D eigenvalue weighted by Gasteiger charge is -2.32. The van der Waals surface area contributed by atoms with E-state index in [-0.39, 0.29) is 22.6 Å². The quantitative estimate of drug-likeness (QED) is 0.682. The number of piperidine rings is 1. The molecule has 31 heavy (non-hydrogen) atoms. The minimum Gasteiger partial charge on any atom is -0.339 e. The molecule has 9 heteroatoms. The van der Waals surface area contributed by atoms with Crippen molar-refractivity contribution in [3.63, 3.8) is 0 Å². The Kier molecular flexibility index (Phi) is 7.40. The number of carbonyl (C=O) groups excluding carboxylic acids is 2. The first kappa shape index (κ1) is 22.9. The number of anilines is 1. The molecule has 166 valence electrons. The van der Waals surface area contributed by atoms with Gasteiger partial charge in [-0.05, 0) is 61.6 Å². The lowest BCUT2D eigenvalue weighted by atomic mass is 9.97. The highest BCUT2D eigenvalue weighted by atomic mass is 32.2. The first-order valence-corrected chi connectivity index (χ1v) is 11.9. The summed E-state index contributed by atoms with van der Waals surface area (Å²) in [5.41, 5.74) is 1.76. The topological polar surface area (TPSA) is 108 Å². The van der Waals surface area contributed by atoms with E-state index >= 15 is 0 Å². The van der Waals surface area contributed by atoms with Gasteiger partial charge >= 0.3 is 0 Å². The maximum Gasteiger partial charge on any atom is 0.253 e. The molecule has 3 rings (SSSR count). The van der Waals surface area contributed by atoms with Crippen molar-refractivity contribution >= 4 is 27.5 Å². The molecule has 0 atom stereocenters. The molecule has 0 saturated carbocycles. The number of benzene rings is 1. The fourth-order valence-electron chi connectivity index (χ4n) is 3.60. The van der Waals surface area contributed by atoms with E-state index in [2.05, 4.69) is 15.0 Å². The molecular formula is C22H28N4O4S. The van der Waals surface area contributed by atoms with Crippen LogP contribution in [0.3, 0.4) is 0 Å². The molecule has 0 spiro atoms. The number of hydrogen-bond donors (Lipinski definition) is 2. The number of carbonyl (C=O) groups is 2. The number of likely N-dealkylation sites (tertiary alicyclic amines) is 1. The van der Waals surface area contributed by atoms with E-state index < -0.39 is 10.0 Å². The molecule has 1 aromatic carbocycles. The smallest absolute Gasteiger partial charge is 0.253 e. The molecule has 1 aliphatic heterocycles. The van der Waals surface area contributed by atoms with Crippen LogP contribution >= 0.6 is 0 Å². The zero-order valence-electron chi connectivity index (χ0n) is 17.8. The zero-order valence-corrected chi connectivity index (χ0v) is 18.6. The summed E-state index contributed by atoms with van der Waals surface area (Å²) in [5, 5.41) is 2.73. The van der Waals surface area contributed by atoms with E-state index in [1.54, 1.807) is 55.4 Å². The van der Waals surface area contributed by atoms with Crippen molar-refractivity contribution in [2.45, 2.75) is 38.0 Å². The largest absolute Gasteiger partial charge is 0.339 e. The van der Waals surface area contributed by atoms with Gasteiger partial charge in [0.25, 0.3) is 5.91 Å². The van der Waals surface area contributed by atoms with Crippen LogP contribution in [0.2, 0.25) is 0 Å². The Morgan fingerprint density at radius 3 is 2.42 bits per heavy atom. The highest BCUT2D eigenvalue weighted by molar-refractivity contribution is 7.89. The second-order valence-corrected chi connectivity index (χ2v) is 9.44. The lowest BCUT2D eigenvalue weighted by Crippen LogP contribution is -2.41. The van der Waals surface area contributed by atoms with Crippen LogP contribution in [-0.2, 0) is 14.8 Å². The van der Waals surface area contributed by atoms with E-state index in [1.165, 1.54) is 6.07 Å². The van der Waals surface area contributed by atoms with E-state index in [9.17, 15) is 18.0 Å². The van der Waals surface area contributed by atoms with Crippen molar-refractivity contribution in [2.75, 3.05) is 25.0 Å². The number of pyridine rings is 1. The molecule has 2 amide bonds. The van der Waals surface area contributed by atoms with Crippen LogP contribution in [0, 0.1) is 12.8 Å². The monoisotopic (exact) mass is 444 g/mol. The Bertz CT molecular complexity index is 1030. The predicted molar refractivity (Wildman–Crippen MR) is 118 cm³/mol. The summed E-state index contributed by atoms with van der Waals surface area (Å²) < 4.78 is 28.3. The Hall–Kier alpha value is -2.78. The van der Waals surface area contributed by atoms with E-state index in [0.29, 0.717) is 42.9 Å². The minimum absolute atomic E-state index is 0.0210. The molecular weight excluding hydrogens is 416 g/mol. The van der Waals surface area contributed by atoms with Crippen LogP contribution in [0.5, 0.6) is 0 Å². The molecule has 2 aromatic rings. The number of nitrogens with zero attached hydrogens (tertiary/aromatic N) is 2. The maximum absolute atomic E-state index is 12.8. The fourth-order valence-corrected chi connectivity index (χ4v) is 4.94. The van der Waals surface area contributed by atoms with Crippen LogP contribution < -0.4 is 10.0 Å². The second-order valence-electron chi connectivity index (χ2n) is 7.71. The summed E-state index contributed by atoms with van der Waals surface area (Å²) in [7, 11) is -3.66. The SMILES string of the molecule is CCC(=O)Nc1ccc(S(=O)(=O)NCC2CCN(C(=O)c3ccncc3)CC2)c(C)c1. The number of hydrogen-bond acceptors (Lipinski definition) is 5. The predicted octanol–water partition coefficient (Wildman–Crippen LogP) is 2.57. The van der Waals surface area contributed by atoms with Crippen LogP contribution in [0.15, 0.2) is 47.6 Å². The van der Waals surface area contributed by atoms with Gasteiger partial charge in [0.05, 0.1) is 4.90 Å². The van der Waals surface area contributed by atoms with Gasteiger partial charge in [0.15, 0.2) is 0 Å². The maximum atomic E-state index is 12.8. The summed E-state index contributed by atoms with van der Waals surface area (Å²) in [5.74, 6) is 0.0221. The van der Waals surface area contributed by atoms with Gasteiger partial charge in [0, 0.05) is 49.7 Å². The number of aromatic nitrogens is 1. The zero-order chi connectivity index (χ0) is 22.4. The number of aryl methyl sites for hydroxylation is 1. The first-order chi connectivity index (χ1) is 14.8. The standard InChI is InChI=1S/C22H28N4O4S/c1-3-21(27)25-19-4-5-20(16(2)14-19)31(29,30)24-15-17-8-12-26(13-9-17)22(28)18-6-10-23-11-7-18/h4-7,10-11,14,17,24H,3,8-9,12-13,15H2,1-2H3,(H,25,27). The molecule has 1 aromatic heterocycles. The van der Waals surface area contributed by atoms with Gasteiger partial charge in [0.2, 0.25) is 15.9 Å². The van der Waals surface area contributed by atoms with Gasteiger partial charge < -0.3 is 10.2 Å². The van der Waals surface area contributed by atoms with E-state index in [4.69, 9.17) is 0 Å². The molecule has 2 heterocycles. The van der Waals surface area contributed by atoms with Gasteiger partial charge in [-0.1, -0.05) is 6.92 Å². The van der Waals surface area contributed by atoms with Crippen LogP contribution in [0.25, 0.3) is 0 Å². The Morgan fingerprint density at radius 1 is 1.13 bits per heavy atom. The summed E-state index contributed by atoms with van der Waals surface area (Å²) in [6.07, 6.45) is 5.02. The number of rotatable bonds is 7. The average molecular weight is 445 g/mol. The summed E-state index contributed by atoms with van der Waals surface area (Å²) in [6.45, 7) is 4.98. The van der Waals surface area contributed by atoms with E-state index in [0.717, 1.165) is 12.8 Å². The van der Waals surface area contributed by atoms with Gasteiger partial charge in [-0.2, -0.15) is 0 Å². The summed E-state index contributed by atoms with van der Waals surface area (Å²) >= 11 is 0. The molecule has 8 nitrogen and oxygen atoms in total. The van der Waals surface area contributed by atoms with Crippen molar-refractivity contribution in [3.8, 4) is 0 Å². The Balaban J connectivity index is 1.54. The molecule has 2 N–H and O–H groups in total. The van der Waals surface area contributed by atoms with Gasteiger partial charge in [-0.25, -0.2) is 13.1 Å². The average Bonchev–Trinajstić information content (AvgIpc) is 2.78. The van der Waals surface area contributed by atoms with Crippen LogP contribution in [0.4, 0.5) is 5.69 Å². The van der Waals surface area contributed by atoms with Crippen molar-refractivity contribution in [1.82, 2.24) is 14.6 Å². The Labute approximate surface area is 183 Å². The van der Waals surface area contributed by atoms with Gasteiger partial charge in [0.1, 0.15) is 0 Å². The van der Waals surface area contributed by atoms with Crippen LogP contribution in [0.1, 0.15) is 42.1 Å². The number of amides is 2. The lowest BCUT2D eigenvalue weighted by molar-refractivity contribution is -0.115. The van der Waals surface area contributed by atoms with Crippen molar-refractivity contribution < 1.29 is 18.0 Å². The summed E-state index contributed by atoms with van der Waals surface area (Å²) in [6, 6.07) is 8.16. The molecule has 0 bridgehead atoms. The van der Waals surface area contributed by atoms with Crippen molar-refractivity contribution in [3.05, 3.63) is 53.9 Å². The second kappa shape index (κ2) is 10.0. The highest BCUT2D eigenvalue weighted by Gasteiger charge is 2.25. The normalized spacial score (nSPS) is 15.0. The minimum atomic E-state index is -3.66. The molecule has 0 unspecified atom stereocenters. The molecule has 0 radical (unpaired) electrons. The first-order valence-electron chi connectivity index (χ1n) is 10.4. The molecule has 0 aliphatic carbocycles. The molecule has 1 saturated heterocycles. The van der Waals surface area contributed by atoms with Crippen molar-refractivity contribution in [2.24, 2.45) is 5.92 Å². The number of nitrogens with one attached hydrogen (secondary N) is 2. The van der Waals surface area contributed by atoms with Crippen molar-refractivity contribution in [1.29, 1.82) is 0 Å².